The highest BCUT2D eigenvalue weighted by molar-refractivity contribution is 5.92. The lowest BCUT2D eigenvalue weighted by Crippen LogP contribution is -2.60. The number of aliphatic carboxylic acids is 1. The number of aliphatic hydroxyl groups is 1. The highest BCUT2D eigenvalue weighted by atomic mass is 16.4. The lowest BCUT2D eigenvalue weighted by molar-refractivity contribution is -0.168. The monoisotopic (exact) mass is 446 g/mol. The molecule has 4 fully saturated rings. The highest BCUT2D eigenvalue weighted by Crippen LogP contribution is 2.66. The molecule has 0 aliphatic heterocycles. The molecule has 4 rings (SSSR count). The first-order valence-electron chi connectivity index (χ1n) is 13.0. The maximum atomic E-state index is 13.8. The number of aliphatic hydroxyl groups excluding tert-OH is 1. The number of carboxylic acids is 1. The Labute approximate surface area is 192 Å². The fraction of sp³-hybridized carbons (Fsp3) is 0.889. The third kappa shape index (κ3) is 3.67. The second kappa shape index (κ2) is 8.52. The third-order valence-electron chi connectivity index (χ3n) is 10.8. The molecule has 0 spiro atoms. The Hall–Kier alpha value is -1.23. The first-order chi connectivity index (χ1) is 15.0. The molecule has 0 bridgehead atoms. The minimum Gasteiger partial charge on any atom is -0.481 e. The standard InChI is InChI=1S/C27H42O5/c1-15(6-5-7-16(2)25(31)32)19-8-9-20-24-21(14-23(30)27(19,20)4)26(3)11-10-18(28)12-17(26)13-22(24)29/h15-21,24,28H,5-14H2,1-4H3,(H,31,32)/t15-,16?,17+,18-,19-,20+,21+,24+,26+,27-/m1/s1. The van der Waals surface area contributed by atoms with Gasteiger partial charge in [-0.3, -0.25) is 14.4 Å². The molecule has 180 valence electrons. The molecule has 0 heterocycles. The van der Waals surface area contributed by atoms with E-state index in [1.54, 1.807) is 6.92 Å². The van der Waals surface area contributed by atoms with Gasteiger partial charge in [0.15, 0.2) is 0 Å². The van der Waals surface area contributed by atoms with Gasteiger partial charge in [-0.05, 0) is 73.5 Å². The largest absolute Gasteiger partial charge is 0.481 e. The fourth-order valence-electron chi connectivity index (χ4n) is 8.65. The van der Waals surface area contributed by atoms with Crippen LogP contribution in [0, 0.1) is 52.3 Å². The summed E-state index contributed by atoms with van der Waals surface area (Å²) >= 11 is 0. The maximum absolute atomic E-state index is 13.8. The van der Waals surface area contributed by atoms with Crippen LogP contribution in [0.25, 0.3) is 0 Å². The number of Topliss-reactive ketones (excluding diaryl/α,β-unsaturated/α-hetero) is 2. The van der Waals surface area contributed by atoms with E-state index in [1.165, 1.54) is 0 Å². The topological polar surface area (TPSA) is 91.7 Å². The molecule has 5 heteroatoms. The summed E-state index contributed by atoms with van der Waals surface area (Å²) in [5, 5.41) is 19.4. The molecule has 10 atom stereocenters. The van der Waals surface area contributed by atoms with Gasteiger partial charge in [-0.1, -0.05) is 40.5 Å². The summed E-state index contributed by atoms with van der Waals surface area (Å²) in [5.74, 6) is 0.782. The Balaban J connectivity index is 1.52. The van der Waals surface area contributed by atoms with E-state index >= 15 is 0 Å². The number of carbonyl (C=O) groups is 3. The van der Waals surface area contributed by atoms with Gasteiger partial charge in [-0.15, -0.1) is 0 Å². The third-order valence-corrected chi connectivity index (χ3v) is 10.8. The number of carboxylic acid groups (broad SMARTS) is 1. The zero-order valence-electron chi connectivity index (χ0n) is 20.3. The Morgan fingerprint density at radius 3 is 2.47 bits per heavy atom. The molecule has 1 unspecified atom stereocenters. The van der Waals surface area contributed by atoms with Crippen molar-refractivity contribution < 1.29 is 24.6 Å². The summed E-state index contributed by atoms with van der Waals surface area (Å²) in [5.41, 5.74) is -0.433. The van der Waals surface area contributed by atoms with Gasteiger partial charge in [0.05, 0.1) is 12.0 Å². The number of rotatable bonds is 6. The van der Waals surface area contributed by atoms with Gasteiger partial charge in [0.2, 0.25) is 0 Å². The predicted octanol–water partition coefficient (Wildman–Crippen LogP) is 4.89. The Morgan fingerprint density at radius 1 is 1.06 bits per heavy atom. The SMILES string of the molecule is CC(CCC[C@@H](C)[C@H]1CC[C@H]2[C@@H]3C(=O)C[C@@H]4C[C@H](O)CC[C@]4(C)[C@H]3CC(=O)[C@]12C)C(=O)O. The van der Waals surface area contributed by atoms with Crippen LogP contribution in [-0.4, -0.2) is 33.9 Å². The number of carbonyl (C=O) groups excluding carboxylic acids is 2. The minimum absolute atomic E-state index is 0.00146. The van der Waals surface area contributed by atoms with Gasteiger partial charge in [-0.25, -0.2) is 0 Å². The van der Waals surface area contributed by atoms with Gasteiger partial charge in [-0.2, -0.15) is 0 Å². The molecule has 0 aromatic rings. The summed E-state index contributed by atoms with van der Waals surface area (Å²) in [6.07, 6.45) is 7.64. The van der Waals surface area contributed by atoms with Crippen LogP contribution in [0.3, 0.4) is 0 Å². The molecule has 4 aliphatic carbocycles. The fourth-order valence-corrected chi connectivity index (χ4v) is 8.65. The van der Waals surface area contributed by atoms with Crippen molar-refractivity contribution in [3.8, 4) is 0 Å². The van der Waals surface area contributed by atoms with Gasteiger partial charge in [0, 0.05) is 24.2 Å². The Bertz CT molecular complexity index is 776. The second-order valence-corrected chi connectivity index (χ2v) is 12.3. The van der Waals surface area contributed by atoms with Crippen LogP contribution in [0.2, 0.25) is 0 Å². The van der Waals surface area contributed by atoms with Crippen LogP contribution in [-0.2, 0) is 14.4 Å². The van der Waals surface area contributed by atoms with E-state index < -0.39 is 11.4 Å². The van der Waals surface area contributed by atoms with Crippen LogP contribution < -0.4 is 0 Å². The van der Waals surface area contributed by atoms with E-state index in [0.29, 0.717) is 43.2 Å². The van der Waals surface area contributed by atoms with Crippen molar-refractivity contribution in [1.29, 1.82) is 0 Å². The average molecular weight is 447 g/mol. The number of ketones is 2. The summed E-state index contributed by atoms with van der Waals surface area (Å²) < 4.78 is 0. The van der Waals surface area contributed by atoms with E-state index in [2.05, 4.69) is 20.8 Å². The molecule has 0 amide bonds. The number of hydrogen-bond donors (Lipinski definition) is 2. The smallest absolute Gasteiger partial charge is 0.306 e. The van der Waals surface area contributed by atoms with E-state index in [0.717, 1.165) is 38.5 Å². The quantitative estimate of drug-likeness (QED) is 0.606. The van der Waals surface area contributed by atoms with Gasteiger partial charge in [0.1, 0.15) is 11.6 Å². The van der Waals surface area contributed by atoms with Crippen molar-refractivity contribution >= 4 is 17.5 Å². The van der Waals surface area contributed by atoms with E-state index in [-0.39, 0.29) is 47.0 Å². The Morgan fingerprint density at radius 2 is 1.78 bits per heavy atom. The molecule has 4 saturated carbocycles. The van der Waals surface area contributed by atoms with Gasteiger partial charge in [0.25, 0.3) is 0 Å². The van der Waals surface area contributed by atoms with Gasteiger partial charge < -0.3 is 10.2 Å². The summed E-state index contributed by atoms with van der Waals surface area (Å²) in [7, 11) is 0. The first-order valence-corrected chi connectivity index (χ1v) is 13.0. The molecular weight excluding hydrogens is 404 g/mol. The van der Waals surface area contributed by atoms with E-state index in [1.807, 2.05) is 0 Å². The molecule has 32 heavy (non-hydrogen) atoms. The maximum Gasteiger partial charge on any atom is 0.306 e. The van der Waals surface area contributed by atoms with Crippen LogP contribution >= 0.6 is 0 Å². The number of hydrogen-bond acceptors (Lipinski definition) is 4. The van der Waals surface area contributed by atoms with Crippen molar-refractivity contribution in [3.05, 3.63) is 0 Å². The van der Waals surface area contributed by atoms with Crippen molar-refractivity contribution in [2.24, 2.45) is 52.3 Å². The van der Waals surface area contributed by atoms with Crippen LogP contribution in [0.15, 0.2) is 0 Å². The summed E-state index contributed by atoms with van der Waals surface area (Å²) in [6, 6.07) is 0. The van der Waals surface area contributed by atoms with Crippen molar-refractivity contribution in [1.82, 2.24) is 0 Å². The van der Waals surface area contributed by atoms with Crippen LogP contribution in [0.1, 0.15) is 91.9 Å². The summed E-state index contributed by atoms with van der Waals surface area (Å²) in [4.78, 5) is 38.4. The molecule has 0 radical (unpaired) electrons. The highest BCUT2D eigenvalue weighted by Gasteiger charge is 2.66. The van der Waals surface area contributed by atoms with Crippen LogP contribution in [0.5, 0.6) is 0 Å². The molecule has 0 aromatic carbocycles. The first kappa shape index (κ1) is 23.9. The number of fused-ring (bicyclic) bond motifs is 5. The van der Waals surface area contributed by atoms with E-state index in [4.69, 9.17) is 5.11 Å². The van der Waals surface area contributed by atoms with Gasteiger partial charge >= 0.3 is 5.97 Å². The molecule has 0 saturated heterocycles. The zero-order valence-corrected chi connectivity index (χ0v) is 20.3. The van der Waals surface area contributed by atoms with E-state index in [9.17, 15) is 19.5 Å². The Kier molecular flexibility index (Phi) is 6.37. The normalized spacial score (nSPS) is 45.5. The second-order valence-electron chi connectivity index (χ2n) is 12.3. The average Bonchev–Trinajstić information content (AvgIpc) is 3.08. The molecule has 4 aliphatic rings. The molecule has 2 N–H and O–H groups in total. The minimum atomic E-state index is -0.739. The zero-order chi connectivity index (χ0) is 23.4. The molecule has 0 aromatic heterocycles. The predicted molar refractivity (Wildman–Crippen MR) is 122 cm³/mol. The van der Waals surface area contributed by atoms with Crippen molar-refractivity contribution in [2.45, 2.75) is 98.0 Å². The summed E-state index contributed by atoms with van der Waals surface area (Å²) in [6.45, 7) is 8.43. The van der Waals surface area contributed by atoms with Crippen LogP contribution in [0.4, 0.5) is 0 Å². The van der Waals surface area contributed by atoms with Crippen molar-refractivity contribution in [3.63, 3.8) is 0 Å². The molecule has 5 nitrogen and oxygen atoms in total. The van der Waals surface area contributed by atoms with Crippen molar-refractivity contribution in [2.75, 3.05) is 0 Å². The lowest BCUT2D eigenvalue weighted by Gasteiger charge is -2.59. The molecular formula is C27H42O5. The lowest BCUT2D eigenvalue weighted by atomic mass is 9.43.